The number of hydrogen-bond donors (Lipinski definition) is 3. The van der Waals surface area contributed by atoms with Crippen LogP contribution in [0.4, 0.5) is 0 Å². The molecule has 0 aliphatic carbocycles. The van der Waals surface area contributed by atoms with Crippen molar-refractivity contribution in [2.75, 3.05) is 26.6 Å². The zero-order valence-electron chi connectivity index (χ0n) is 8.11. The Kier molecular flexibility index (Phi) is 42.3. The van der Waals surface area contributed by atoms with Gasteiger partial charge in [0.1, 0.15) is 0 Å². The van der Waals surface area contributed by atoms with Crippen molar-refractivity contribution >= 4 is 11.6 Å². The van der Waals surface area contributed by atoms with E-state index in [9.17, 15) is 0 Å². The van der Waals surface area contributed by atoms with E-state index in [4.69, 9.17) is 16.3 Å². The molecule has 0 aromatic rings. The molecule has 0 spiro atoms. The zero-order chi connectivity index (χ0) is 8.41. The first-order valence-electron chi connectivity index (χ1n) is 3.11. The second-order valence-electron chi connectivity index (χ2n) is 1.61. The predicted octanol–water partition coefficient (Wildman–Crippen LogP) is 1.59. The summed E-state index contributed by atoms with van der Waals surface area (Å²) in [5, 5.41) is 2.75. The highest BCUT2D eigenvalue weighted by Crippen LogP contribution is 2.08. The van der Waals surface area contributed by atoms with Gasteiger partial charge in [0.15, 0.2) is 0 Å². The maximum absolute atomic E-state index is 5.27. The van der Waals surface area contributed by atoms with E-state index in [0.29, 0.717) is 12.0 Å². The van der Waals surface area contributed by atoms with Crippen molar-refractivity contribution in [3.05, 3.63) is 13.2 Å². The second kappa shape index (κ2) is 22.4. The molecule has 0 aromatic carbocycles. The van der Waals surface area contributed by atoms with Crippen molar-refractivity contribution in [3.8, 4) is 0 Å². The Morgan fingerprint density at radius 2 is 1.67 bits per heavy atom. The number of epoxide rings is 1. The van der Waals surface area contributed by atoms with Crippen LogP contribution in [0.2, 0.25) is 0 Å². The van der Waals surface area contributed by atoms with E-state index in [2.05, 4.69) is 18.5 Å². The smallest absolute Gasteiger partial charge is 0.0944 e. The van der Waals surface area contributed by atoms with Gasteiger partial charge in [0.25, 0.3) is 0 Å². The number of ether oxygens (including phenoxy) is 1. The summed E-state index contributed by atoms with van der Waals surface area (Å²) in [6, 6.07) is 0. The zero-order valence-corrected chi connectivity index (χ0v) is 8.86. The number of alkyl halides is 1. The minimum Gasteiger partial charge on any atom is -0.372 e. The maximum Gasteiger partial charge on any atom is 0.0944 e. The summed E-state index contributed by atoms with van der Waals surface area (Å²) in [5.41, 5.74) is 0. The van der Waals surface area contributed by atoms with E-state index in [-0.39, 0.29) is 12.3 Å². The molecule has 5 heteroatoms. The van der Waals surface area contributed by atoms with E-state index in [1.165, 1.54) is 0 Å². The summed E-state index contributed by atoms with van der Waals surface area (Å²) in [7, 11) is 3.75. The molecule has 0 bridgehead atoms. The predicted molar refractivity (Wildman–Crippen MR) is 56.7 cm³/mol. The normalized spacial score (nSPS) is 16.1. The Labute approximate surface area is 80.5 Å². The number of rotatable bonds is 1. The Balaban J connectivity index is -0.0000000415. The van der Waals surface area contributed by atoms with Gasteiger partial charge in [0, 0.05) is 0 Å². The van der Waals surface area contributed by atoms with Crippen LogP contribution >= 0.6 is 11.6 Å². The van der Waals surface area contributed by atoms with Crippen molar-refractivity contribution in [1.29, 1.82) is 0 Å². The fourth-order valence-corrected chi connectivity index (χ4v) is 0.335. The van der Waals surface area contributed by atoms with Crippen LogP contribution in [0.25, 0.3) is 0 Å². The molecule has 78 valence electrons. The van der Waals surface area contributed by atoms with Crippen LogP contribution in [0.5, 0.6) is 0 Å². The monoisotopic (exact) mass is 199 g/mol. The molecule has 1 aliphatic rings. The lowest BCUT2D eigenvalue weighted by molar-refractivity contribution is 0.425. The largest absolute Gasteiger partial charge is 0.372 e. The fourth-order valence-electron chi connectivity index (χ4n) is 0.157. The standard InChI is InChI=1S/C3H5ClO.C2H7N.C2H4.2H3N/c4-1-3-2-5-3;1-3-2;1-2;;/h3H,1-2H2;3H,1-2H3;1-2H2;2*1H3. The SMILES string of the molecule is C=C.CNC.ClCC1CO1.N.N. The summed E-state index contributed by atoms with van der Waals surface area (Å²) < 4.78 is 4.73. The summed E-state index contributed by atoms with van der Waals surface area (Å²) in [6.45, 7) is 6.88. The molecule has 12 heavy (non-hydrogen) atoms. The van der Waals surface area contributed by atoms with Gasteiger partial charge in [-0.1, -0.05) is 0 Å². The van der Waals surface area contributed by atoms with E-state index in [1.54, 1.807) is 0 Å². The maximum atomic E-state index is 5.27. The van der Waals surface area contributed by atoms with Crippen LogP contribution in [0, 0.1) is 0 Å². The first kappa shape index (κ1) is 22.6. The van der Waals surface area contributed by atoms with E-state index in [1.807, 2.05) is 14.1 Å². The van der Waals surface area contributed by atoms with Crippen molar-refractivity contribution in [3.63, 3.8) is 0 Å². The lowest BCUT2D eigenvalue weighted by Crippen LogP contribution is -1.89. The molecule has 1 rings (SSSR count). The lowest BCUT2D eigenvalue weighted by Gasteiger charge is -1.67. The van der Waals surface area contributed by atoms with Crippen LogP contribution in [0.1, 0.15) is 0 Å². The highest BCUT2D eigenvalue weighted by atomic mass is 35.5. The summed E-state index contributed by atoms with van der Waals surface area (Å²) in [5.74, 6) is 0.667. The molecule has 1 aliphatic heterocycles. The second-order valence-corrected chi connectivity index (χ2v) is 1.92. The molecule has 0 aromatic heterocycles. The van der Waals surface area contributed by atoms with Gasteiger partial charge in [0.05, 0.1) is 18.6 Å². The van der Waals surface area contributed by atoms with E-state index in [0.717, 1.165) is 6.61 Å². The van der Waals surface area contributed by atoms with E-state index < -0.39 is 0 Å². The van der Waals surface area contributed by atoms with Gasteiger partial charge in [-0.15, -0.1) is 24.8 Å². The average Bonchev–Trinajstić information content (AvgIpc) is 2.75. The van der Waals surface area contributed by atoms with Gasteiger partial charge in [-0.05, 0) is 14.1 Å². The molecule has 1 unspecified atom stereocenters. The minimum atomic E-state index is 0. The molecule has 7 N–H and O–H groups in total. The lowest BCUT2D eigenvalue weighted by atomic mass is 10.6. The average molecular weight is 200 g/mol. The third-order valence-electron chi connectivity index (χ3n) is 0.574. The van der Waals surface area contributed by atoms with Gasteiger partial charge in [-0.3, -0.25) is 0 Å². The number of nitrogens with one attached hydrogen (secondary N) is 1. The quantitative estimate of drug-likeness (QED) is 0.340. The van der Waals surface area contributed by atoms with Crippen molar-refractivity contribution in [2.24, 2.45) is 0 Å². The third kappa shape index (κ3) is 32.7. The molecule has 0 radical (unpaired) electrons. The van der Waals surface area contributed by atoms with Gasteiger partial charge in [-0.2, -0.15) is 0 Å². The molecule has 4 nitrogen and oxygen atoms in total. The Morgan fingerprint density at radius 1 is 1.42 bits per heavy atom. The van der Waals surface area contributed by atoms with Gasteiger partial charge >= 0.3 is 0 Å². The first-order chi connectivity index (χ1) is 4.85. The fraction of sp³-hybridized carbons (Fsp3) is 0.714. The summed E-state index contributed by atoms with van der Waals surface area (Å²) in [6.07, 6.45) is 0.400. The van der Waals surface area contributed by atoms with Crippen LogP contribution in [0.3, 0.4) is 0 Å². The van der Waals surface area contributed by atoms with E-state index >= 15 is 0 Å². The molecule has 1 fully saturated rings. The summed E-state index contributed by atoms with van der Waals surface area (Å²) in [4.78, 5) is 0. The molecular formula is C7H22ClN3O. The first-order valence-corrected chi connectivity index (χ1v) is 3.64. The molecular weight excluding hydrogens is 178 g/mol. The number of halogens is 1. The molecule has 0 amide bonds. The molecule has 1 heterocycles. The molecule has 0 saturated carbocycles. The van der Waals surface area contributed by atoms with Crippen molar-refractivity contribution in [2.45, 2.75) is 6.10 Å². The van der Waals surface area contributed by atoms with Crippen molar-refractivity contribution in [1.82, 2.24) is 17.6 Å². The van der Waals surface area contributed by atoms with Crippen LogP contribution in [-0.2, 0) is 4.74 Å². The van der Waals surface area contributed by atoms with Crippen molar-refractivity contribution < 1.29 is 4.74 Å². The van der Waals surface area contributed by atoms with Gasteiger partial charge < -0.3 is 22.4 Å². The topological polar surface area (TPSA) is 94.6 Å². The third-order valence-corrected chi connectivity index (χ3v) is 0.919. The highest BCUT2D eigenvalue weighted by molar-refractivity contribution is 6.18. The molecule has 1 atom stereocenters. The summed E-state index contributed by atoms with van der Waals surface area (Å²) >= 11 is 5.27. The molecule has 1 saturated heterocycles. The Bertz CT molecular complexity index is 62.6. The highest BCUT2D eigenvalue weighted by Gasteiger charge is 2.19. The Morgan fingerprint density at radius 3 is 1.67 bits per heavy atom. The minimum absolute atomic E-state index is 0. The number of hydrogen-bond acceptors (Lipinski definition) is 4. The van der Waals surface area contributed by atoms with Crippen LogP contribution in [0.15, 0.2) is 13.2 Å². The van der Waals surface area contributed by atoms with Crippen LogP contribution in [-0.4, -0.2) is 32.7 Å². The van der Waals surface area contributed by atoms with Gasteiger partial charge in [0.2, 0.25) is 0 Å². The van der Waals surface area contributed by atoms with Crippen LogP contribution < -0.4 is 17.6 Å². The van der Waals surface area contributed by atoms with Gasteiger partial charge in [-0.25, -0.2) is 0 Å². The Hall–Kier alpha value is -0.130.